The van der Waals surface area contributed by atoms with Crippen molar-refractivity contribution in [2.24, 2.45) is 0 Å². The predicted molar refractivity (Wildman–Crippen MR) is 85.4 cm³/mol. The lowest BCUT2D eigenvalue weighted by Crippen LogP contribution is -2.24. The summed E-state index contributed by atoms with van der Waals surface area (Å²) >= 11 is 12.2. The second-order valence-corrected chi connectivity index (χ2v) is 5.68. The Morgan fingerprint density at radius 1 is 0.714 bits per heavy atom. The van der Waals surface area contributed by atoms with Crippen LogP contribution in [-0.2, 0) is 0 Å². The number of benzene rings is 2. The van der Waals surface area contributed by atoms with Gasteiger partial charge in [0.25, 0.3) is 0 Å². The van der Waals surface area contributed by atoms with Crippen LogP contribution in [0.4, 0.5) is 0 Å². The van der Waals surface area contributed by atoms with Gasteiger partial charge in [0.1, 0.15) is 0 Å². The van der Waals surface area contributed by atoms with E-state index in [-0.39, 0.29) is 18.0 Å². The van der Waals surface area contributed by atoms with E-state index in [9.17, 15) is 9.59 Å². The number of halogens is 2. The number of carbonyl (C=O) groups is 2. The van der Waals surface area contributed by atoms with Crippen molar-refractivity contribution in [3.05, 3.63) is 71.8 Å². The Balaban J connectivity index is 2.01. The van der Waals surface area contributed by atoms with E-state index in [4.69, 9.17) is 23.2 Å². The Kier molecular flexibility index (Phi) is 5.54. The Labute approximate surface area is 133 Å². The number of Topliss-reactive ketones (excluding diaryl/α,β-unsaturated/α-hetero) is 2. The number of hydrogen-bond acceptors (Lipinski definition) is 2. The van der Waals surface area contributed by atoms with Crippen molar-refractivity contribution < 1.29 is 9.59 Å². The highest BCUT2D eigenvalue weighted by Gasteiger charge is 2.25. The maximum atomic E-state index is 12.1. The normalized spacial score (nSPS) is 13.4. The minimum Gasteiger partial charge on any atom is -0.293 e. The fraction of sp³-hybridized carbons (Fsp3) is 0.176. The van der Waals surface area contributed by atoms with Crippen LogP contribution in [0.5, 0.6) is 0 Å². The van der Waals surface area contributed by atoms with Gasteiger partial charge in [0.05, 0.1) is 10.8 Å². The molecule has 21 heavy (non-hydrogen) atoms. The lowest BCUT2D eigenvalue weighted by atomic mass is 10.0. The molecule has 0 saturated carbocycles. The molecular formula is C17H14Cl2O2. The van der Waals surface area contributed by atoms with E-state index in [1.165, 1.54) is 0 Å². The Morgan fingerprint density at radius 3 is 1.38 bits per heavy atom. The summed E-state index contributed by atoms with van der Waals surface area (Å²) in [6.45, 7) is 0. The fourth-order valence-electron chi connectivity index (χ4n) is 1.96. The molecule has 0 fully saturated rings. The number of carbonyl (C=O) groups excluding carboxylic acids is 2. The molecule has 4 heteroatoms. The highest BCUT2D eigenvalue weighted by molar-refractivity contribution is 6.37. The summed E-state index contributed by atoms with van der Waals surface area (Å²) < 4.78 is 0. The van der Waals surface area contributed by atoms with Gasteiger partial charge in [-0.1, -0.05) is 60.7 Å². The molecule has 2 nitrogen and oxygen atoms in total. The van der Waals surface area contributed by atoms with Crippen molar-refractivity contribution >= 4 is 34.8 Å². The van der Waals surface area contributed by atoms with Crippen LogP contribution in [-0.4, -0.2) is 22.3 Å². The van der Waals surface area contributed by atoms with Gasteiger partial charge >= 0.3 is 0 Å². The van der Waals surface area contributed by atoms with E-state index in [1.54, 1.807) is 48.5 Å². The summed E-state index contributed by atoms with van der Waals surface area (Å²) in [4.78, 5) is 24.3. The SMILES string of the molecule is O=C(c1ccccc1)C(Cl)CC(Cl)C(=O)c1ccccc1. The van der Waals surface area contributed by atoms with Gasteiger partial charge < -0.3 is 0 Å². The van der Waals surface area contributed by atoms with Crippen molar-refractivity contribution in [2.75, 3.05) is 0 Å². The van der Waals surface area contributed by atoms with Crippen LogP contribution in [0.25, 0.3) is 0 Å². The molecule has 0 aromatic heterocycles. The average Bonchev–Trinajstić information content (AvgIpc) is 2.55. The first kappa shape index (κ1) is 15.7. The minimum atomic E-state index is -0.817. The summed E-state index contributed by atoms with van der Waals surface area (Å²) in [5.41, 5.74) is 1.04. The molecule has 0 saturated heterocycles. The summed E-state index contributed by atoms with van der Waals surface area (Å²) in [6, 6.07) is 17.5. The van der Waals surface area contributed by atoms with Gasteiger partial charge in [-0.15, -0.1) is 23.2 Å². The van der Waals surface area contributed by atoms with Crippen molar-refractivity contribution in [1.82, 2.24) is 0 Å². The number of alkyl halides is 2. The zero-order chi connectivity index (χ0) is 15.2. The Bertz CT molecular complexity index is 556. The molecule has 0 aliphatic carbocycles. The summed E-state index contributed by atoms with van der Waals surface area (Å²) in [5, 5.41) is -1.63. The molecule has 2 unspecified atom stereocenters. The molecule has 0 amide bonds. The quantitative estimate of drug-likeness (QED) is 0.585. The Hall–Kier alpha value is -1.64. The van der Waals surface area contributed by atoms with Gasteiger partial charge in [0, 0.05) is 11.1 Å². The first-order valence-electron chi connectivity index (χ1n) is 6.56. The topological polar surface area (TPSA) is 34.1 Å². The molecule has 2 rings (SSSR count). The van der Waals surface area contributed by atoms with E-state index >= 15 is 0 Å². The highest BCUT2D eigenvalue weighted by Crippen LogP contribution is 2.19. The molecule has 0 aliphatic rings. The van der Waals surface area contributed by atoms with Gasteiger partial charge in [-0.05, 0) is 6.42 Å². The Morgan fingerprint density at radius 2 is 1.05 bits per heavy atom. The fourth-order valence-corrected chi connectivity index (χ4v) is 2.66. The molecule has 0 spiro atoms. The van der Waals surface area contributed by atoms with Crippen LogP contribution >= 0.6 is 23.2 Å². The molecule has 2 aromatic rings. The van der Waals surface area contributed by atoms with Crippen LogP contribution in [0.3, 0.4) is 0 Å². The third-order valence-electron chi connectivity index (χ3n) is 3.10. The predicted octanol–water partition coefficient (Wildman–Crippen LogP) is 4.36. The zero-order valence-electron chi connectivity index (χ0n) is 11.2. The van der Waals surface area contributed by atoms with Crippen LogP contribution in [0.15, 0.2) is 60.7 Å². The van der Waals surface area contributed by atoms with Gasteiger partial charge in [-0.3, -0.25) is 9.59 Å². The standard InChI is InChI=1S/C17H14Cl2O2/c18-14(16(20)12-7-3-1-4-8-12)11-15(19)17(21)13-9-5-2-6-10-13/h1-10,14-15H,11H2. The smallest absolute Gasteiger partial charge is 0.180 e. The summed E-state index contributed by atoms with van der Waals surface area (Å²) in [5.74, 6) is -0.437. The number of hydrogen-bond donors (Lipinski definition) is 0. The van der Waals surface area contributed by atoms with Crippen molar-refractivity contribution in [3.8, 4) is 0 Å². The summed E-state index contributed by atoms with van der Waals surface area (Å²) in [7, 11) is 0. The first-order valence-corrected chi connectivity index (χ1v) is 7.43. The van der Waals surface area contributed by atoms with Crippen LogP contribution in [0.2, 0.25) is 0 Å². The average molecular weight is 321 g/mol. The highest BCUT2D eigenvalue weighted by atomic mass is 35.5. The maximum Gasteiger partial charge on any atom is 0.180 e. The lowest BCUT2D eigenvalue weighted by Gasteiger charge is -2.13. The second-order valence-electron chi connectivity index (χ2n) is 4.63. The van der Waals surface area contributed by atoms with E-state index in [2.05, 4.69) is 0 Å². The van der Waals surface area contributed by atoms with Crippen molar-refractivity contribution in [1.29, 1.82) is 0 Å². The number of ketones is 2. The molecule has 0 aliphatic heterocycles. The monoisotopic (exact) mass is 320 g/mol. The molecular weight excluding hydrogens is 307 g/mol. The molecule has 0 heterocycles. The van der Waals surface area contributed by atoms with Crippen LogP contribution in [0.1, 0.15) is 27.1 Å². The number of rotatable bonds is 6. The minimum absolute atomic E-state index is 0.102. The van der Waals surface area contributed by atoms with E-state index in [1.807, 2.05) is 12.1 Å². The van der Waals surface area contributed by atoms with Crippen molar-refractivity contribution in [3.63, 3.8) is 0 Å². The van der Waals surface area contributed by atoms with Gasteiger partial charge in [0.2, 0.25) is 0 Å². The second kappa shape index (κ2) is 7.39. The molecule has 0 bridgehead atoms. The zero-order valence-corrected chi connectivity index (χ0v) is 12.7. The third kappa shape index (κ3) is 4.16. The van der Waals surface area contributed by atoms with E-state index in [0.29, 0.717) is 11.1 Å². The summed E-state index contributed by atoms with van der Waals surface area (Å²) in [6.07, 6.45) is 0.102. The van der Waals surface area contributed by atoms with Crippen LogP contribution < -0.4 is 0 Å². The van der Waals surface area contributed by atoms with Crippen molar-refractivity contribution in [2.45, 2.75) is 17.2 Å². The van der Waals surface area contributed by atoms with Gasteiger partial charge in [0.15, 0.2) is 11.6 Å². The molecule has 108 valence electrons. The first-order chi connectivity index (χ1) is 10.1. The third-order valence-corrected chi connectivity index (χ3v) is 3.85. The molecule has 2 aromatic carbocycles. The maximum absolute atomic E-state index is 12.1. The van der Waals surface area contributed by atoms with Gasteiger partial charge in [-0.25, -0.2) is 0 Å². The lowest BCUT2D eigenvalue weighted by molar-refractivity contribution is 0.0963. The van der Waals surface area contributed by atoms with Gasteiger partial charge in [-0.2, -0.15) is 0 Å². The molecule has 0 N–H and O–H groups in total. The van der Waals surface area contributed by atoms with E-state index in [0.717, 1.165) is 0 Å². The molecule has 0 radical (unpaired) electrons. The van der Waals surface area contributed by atoms with E-state index < -0.39 is 10.8 Å². The largest absolute Gasteiger partial charge is 0.293 e. The molecule has 2 atom stereocenters. The van der Waals surface area contributed by atoms with Crippen LogP contribution in [0, 0.1) is 0 Å².